The third-order valence-electron chi connectivity index (χ3n) is 16.3. The molecule has 402 valence electrons. The standard InChI is InChI=1S/C54H78N12O8/c1-33(55-3)47(67)61-43-31-63(25-21-41-17-19-45(65(41)51(43)71)49(69)59-39-27-35-13-7-8-14-36(35)28-39)53(73)57-23-11-5-6-12-24-58-54(74)64-26-22-42-18-20-46(50(70)60-40-29-37-15-9-10-16-38(37)30-40)66(42)52(72)44(32-64)62-48(68)34(2)56-4/h7-10,13-16,33-34,39-46,55-56H,5-6,11-12,17-32H2,1-4H3,(H,57,73)(H,58,74)(H,59,69)(H,60,70)(H,61,67)(H,62,68)/t33-,34-,41+,42+,43-,44-,45-,46?/m0/s1. The monoisotopic (exact) mass is 1020 g/mol. The Morgan fingerprint density at radius 1 is 0.514 bits per heavy atom. The lowest BCUT2D eigenvalue weighted by Gasteiger charge is -2.39. The van der Waals surface area contributed by atoms with E-state index in [9.17, 15) is 38.4 Å². The molecule has 0 spiro atoms. The van der Waals surface area contributed by atoms with E-state index in [1.54, 1.807) is 47.5 Å². The number of carbonyl (C=O) groups excluding carboxylic acids is 8. The Hall–Kier alpha value is -6.28. The first-order valence-electron chi connectivity index (χ1n) is 27.1. The average Bonchev–Trinajstić information content (AvgIpc) is 4.21. The van der Waals surface area contributed by atoms with E-state index in [0.717, 1.165) is 38.5 Å². The van der Waals surface area contributed by atoms with Crippen molar-refractivity contribution in [2.75, 3.05) is 53.4 Å². The second kappa shape index (κ2) is 24.8. The van der Waals surface area contributed by atoms with Gasteiger partial charge in [0.15, 0.2) is 0 Å². The van der Waals surface area contributed by atoms with E-state index in [0.29, 0.717) is 77.5 Å². The van der Waals surface area contributed by atoms with Crippen LogP contribution >= 0.6 is 0 Å². The molecule has 2 aromatic carbocycles. The van der Waals surface area contributed by atoms with E-state index in [4.69, 9.17) is 0 Å². The summed E-state index contributed by atoms with van der Waals surface area (Å²) in [7, 11) is 3.31. The van der Waals surface area contributed by atoms with Crippen LogP contribution in [0.5, 0.6) is 0 Å². The summed E-state index contributed by atoms with van der Waals surface area (Å²) >= 11 is 0. The zero-order valence-corrected chi connectivity index (χ0v) is 43.6. The Kier molecular flexibility index (Phi) is 18.1. The molecular formula is C54H78N12O8. The maximum Gasteiger partial charge on any atom is 0.317 e. The molecule has 2 aromatic rings. The van der Waals surface area contributed by atoms with Gasteiger partial charge in [0.25, 0.3) is 0 Å². The van der Waals surface area contributed by atoms with Gasteiger partial charge in [0.05, 0.1) is 25.2 Å². The van der Waals surface area contributed by atoms with Crippen molar-refractivity contribution >= 4 is 47.5 Å². The second-order valence-corrected chi connectivity index (χ2v) is 21.2. The molecule has 8 N–H and O–H groups in total. The highest BCUT2D eigenvalue weighted by atomic mass is 16.2. The first-order chi connectivity index (χ1) is 35.7. The van der Waals surface area contributed by atoms with Crippen molar-refractivity contribution in [1.29, 1.82) is 0 Å². The lowest BCUT2D eigenvalue weighted by Crippen LogP contribution is -2.63. The fourth-order valence-electron chi connectivity index (χ4n) is 11.8. The van der Waals surface area contributed by atoms with E-state index < -0.39 is 36.3 Å². The number of unbranched alkanes of at least 4 members (excludes halogenated alkanes) is 3. The van der Waals surface area contributed by atoms with Crippen LogP contribution < -0.4 is 42.5 Å². The molecule has 1 unspecified atom stereocenters. The second-order valence-electron chi connectivity index (χ2n) is 21.2. The molecule has 8 rings (SSSR count). The van der Waals surface area contributed by atoms with Crippen LogP contribution in [0.2, 0.25) is 0 Å². The summed E-state index contributed by atoms with van der Waals surface area (Å²) in [6.07, 6.45) is 9.10. The number of hydrogen-bond acceptors (Lipinski definition) is 10. The molecule has 20 nitrogen and oxygen atoms in total. The summed E-state index contributed by atoms with van der Waals surface area (Å²) in [6.45, 7) is 4.79. The molecule has 0 aromatic heterocycles. The third-order valence-corrected chi connectivity index (χ3v) is 16.3. The number of rotatable bonds is 17. The van der Waals surface area contributed by atoms with Crippen molar-refractivity contribution in [3.05, 3.63) is 70.8 Å². The maximum atomic E-state index is 14.4. The molecule has 0 bridgehead atoms. The topological polar surface area (TPSA) is 246 Å². The SMILES string of the molecule is CN[C@@H](C)C(=O)N[C@H]1CN(C(=O)NCCCCCCNC(=O)N2CC[C@H]3CC[C@@H](C(=O)NC4Cc5ccccc5C4)N3C(=O)[C@@H](NC(=O)[C@H](C)NC)C2)CC[C@H]2CCC(C(=O)NC3Cc4ccccc4C3)N2C1=O. The molecule has 4 saturated heterocycles. The third kappa shape index (κ3) is 12.8. The molecule has 20 heteroatoms. The van der Waals surface area contributed by atoms with E-state index in [-0.39, 0.29) is 84.8 Å². The van der Waals surface area contributed by atoms with Gasteiger partial charge in [0.1, 0.15) is 24.2 Å². The van der Waals surface area contributed by atoms with Crippen LogP contribution in [-0.2, 0) is 54.5 Å². The molecule has 10 amide bonds. The van der Waals surface area contributed by atoms with E-state index >= 15 is 0 Å². The fourth-order valence-corrected chi connectivity index (χ4v) is 11.8. The molecule has 8 atom stereocenters. The minimum atomic E-state index is -1.04. The van der Waals surface area contributed by atoms with Crippen LogP contribution in [0.1, 0.15) is 100 Å². The quantitative estimate of drug-likeness (QED) is 0.104. The highest BCUT2D eigenvalue weighted by Gasteiger charge is 2.48. The van der Waals surface area contributed by atoms with Gasteiger partial charge in [0.2, 0.25) is 35.4 Å². The van der Waals surface area contributed by atoms with Crippen molar-refractivity contribution in [3.8, 4) is 0 Å². The van der Waals surface area contributed by atoms with Gasteiger partial charge in [-0.05, 0) is 127 Å². The summed E-state index contributed by atoms with van der Waals surface area (Å²) in [5.41, 5.74) is 4.87. The van der Waals surface area contributed by atoms with Gasteiger partial charge in [-0.2, -0.15) is 0 Å². The number of nitrogens with one attached hydrogen (secondary N) is 8. The molecule has 4 fully saturated rings. The van der Waals surface area contributed by atoms with Gasteiger partial charge in [-0.25, -0.2) is 9.59 Å². The smallest absolute Gasteiger partial charge is 0.317 e. The Bertz CT molecular complexity index is 2180. The number of fused-ring (bicyclic) bond motifs is 4. The van der Waals surface area contributed by atoms with Crippen molar-refractivity contribution in [3.63, 3.8) is 0 Å². The maximum absolute atomic E-state index is 14.4. The zero-order chi connectivity index (χ0) is 52.5. The van der Waals surface area contributed by atoms with Crippen LogP contribution in [0.3, 0.4) is 0 Å². The van der Waals surface area contributed by atoms with Crippen molar-refractivity contribution in [1.82, 2.24) is 62.1 Å². The summed E-state index contributed by atoms with van der Waals surface area (Å²) in [4.78, 5) is 117. The van der Waals surface area contributed by atoms with E-state index in [2.05, 4.69) is 66.8 Å². The number of carbonyl (C=O) groups is 8. The summed E-state index contributed by atoms with van der Waals surface area (Å²) in [6, 6.07) is 10.5. The largest absolute Gasteiger partial charge is 0.351 e. The van der Waals surface area contributed by atoms with Crippen LogP contribution in [-0.4, -0.2) is 181 Å². The number of nitrogens with zero attached hydrogens (tertiary/aromatic N) is 4. The minimum Gasteiger partial charge on any atom is -0.351 e. The first kappa shape index (κ1) is 54.0. The molecule has 0 radical (unpaired) electrons. The van der Waals surface area contributed by atoms with Crippen LogP contribution in [0, 0.1) is 0 Å². The Labute approximate surface area is 435 Å². The number of hydrogen-bond donors (Lipinski definition) is 8. The van der Waals surface area contributed by atoms with Gasteiger partial charge in [0, 0.05) is 50.3 Å². The molecule has 4 heterocycles. The summed E-state index contributed by atoms with van der Waals surface area (Å²) < 4.78 is 0. The summed E-state index contributed by atoms with van der Waals surface area (Å²) in [5.74, 6) is -1.86. The predicted molar refractivity (Wildman–Crippen MR) is 277 cm³/mol. The first-order valence-corrected chi connectivity index (χ1v) is 27.1. The fraction of sp³-hybridized carbons (Fsp3) is 0.630. The van der Waals surface area contributed by atoms with Crippen LogP contribution in [0.4, 0.5) is 9.59 Å². The van der Waals surface area contributed by atoms with Gasteiger partial charge in [-0.15, -0.1) is 0 Å². The minimum absolute atomic E-state index is 0.0393. The van der Waals surface area contributed by atoms with Crippen LogP contribution in [0.25, 0.3) is 0 Å². The lowest BCUT2D eigenvalue weighted by molar-refractivity contribution is -0.145. The van der Waals surface area contributed by atoms with Crippen molar-refractivity contribution in [2.45, 2.75) is 164 Å². The van der Waals surface area contributed by atoms with Crippen molar-refractivity contribution < 1.29 is 38.4 Å². The Balaban J connectivity index is 0.784. The number of urea groups is 2. The zero-order valence-electron chi connectivity index (χ0n) is 43.6. The number of amides is 10. The van der Waals surface area contributed by atoms with E-state index in [1.165, 1.54) is 22.3 Å². The molecular weight excluding hydrogens is 945 g/mol. The lowest BCUT2D eigenvalue weighted by atomic mass is 10.1. The highest BCUT2D eigenvalue weighted by molar-refractivity contribution is 5.96. The number of likely N-dealkylation sites (N-methyl/N-ethyl adjacent to an activating group) is 2. The predicted octanol–water partition coefficient (Wildman–Crippen LogP) is 0.849. The average molecular weight is 1020 g/mol. The molecule has 6 aliphatic rings. The van der Waals surface area contributed by atoms with Gasteiger partial charge >= 0.3 is 12.1 Å². The summed E-state index contributed by atoms with van der Waals surface area (Å²) in [5, 5.41) is 24.0. The van der Waals surface area contributed by atoms with Gasteiger partial charge < -0.3 is 62.1 Å². The van der Waals surface area contributed by atoms with Crippen molar-refractivity contribution in [2.24, 2.45) is 0 Å². The molecule has 74 heavy (non-hydrogen) atoms. The van der Waals surface area contributed by atoms with Crippen LogP contribution in [0.15, 0.2) is 48.5 Å². The van der Waals surface area contributed by atoms with Gasteiger partial charge in [-0.1, -0.05) is 61.4 Å². The Morgan fingerprint density at radius 3 is 1.23 bits per heavy atom. The molecule has 0 saturated carbocycles. The number of benzene rings is 2. The highest BCUT2D eigenvalue weighted by Crippen LogP contribution is 2.32. The Morgan fingerprint density at radius 2 is 0.878 bits per heavy atom. The normalized spacial score (nSPS) is 24.8. The molecule has 4 aliphatic heterocycles. The van der Waals surface area contributed by atoms with E-state index in [1.807, 2.05) is 24.3 Å². The molecule has 2 aliphatic carbocycles. The van der Waals surface area contributed by atoms with Gasteiger partial charge in [-0.3, -0.25) is 28.8 Å².